The summed E-state index contributed by atoms with van der Waals surface area (Å²) in [7, 11) is 0. The van der Waals surface area contributed by atoms with Gasteiger partial charge in [0.1, 0.15) is 0 Å². The lowest BCUT2D eigenvalue weighted by Crippen LogP contribution is -2.36. The van der Waals surface area contributed by atoms with Crippen LogP contribution in [0.1, 0.15) is 46.0 Å². The second-order valence-electron chi connectivity index (χ2n) is 5.32. The first-order valence-corrected chi connectivity index (χ1v) is 5.83. The highest BCUT2D eigenvalue weighted by atomic mass is 16.4. The van der Waals surface area contributed by atoms with E-state index in [0.29, 0.717) is 5.92 Å². The Morgan fingerprint density at radius 3 is 2.50 bits per heavy atom. The van der Waals surface area contributed by atoms with Crippen molar-refractivity contribution in [1.29, 1.82) is 0 Å². The molecule has 0 aromatic rings. The summed E-state index contributed by atoms with van der Waals surface area (Å²) in [6.07, 6.45) is 5.37. The maximum atomic E-state index is 11.4. The molecule has 2 aliphatic carbocycles. The van der Waals surface area contributed by atoms with Crippen molar-refractivity contribution in [2.24, 2.45) is 23.2 Å². The zero-order valence-electron chi connectivity index (χ0n) is 9.12. The molecule has 0 aromatic heterocycles. The summed E-state index contributed by atoms with van der Waals surface area (Å²) in [5.41, 5.74) is -0.358. The predicted octanol–water partition coefficient (Wildman–Crippen LogP) is 2.92. The topological polar surface area (TPSA) is 37.3 Å². The highest BCUT2D eigenvalue weighted by molar-refractivity contribution is 5.76. The number of rotatable bonds is 4. The summed E-state index contributed by atoms with van der Waals surface area (Å²) >= 11 is 0. The molecule has 80 valence electrons. The Morgan fingerprint density at radius 1 is 1.50 bits per heavy atom. The van der Waals surface area contributed by atoms with Gasteiger partial charge in [-0.1, -0.05) is 20.3 Å². The van der Waals surface area contributed by atoms with Crippen molar-refractivity contribution in [2.45, 2.75) is 46.0 Å². The Kier molecular flexibility index (Phi) is 2.32. The average molecular weight is 196 g/mol. The minimum Gasteiger partial charge on any atom is -0.481 e. The molecule has 2 nitrogen and oxygen atoms in total. The first-order chi connectivity index (χ1) is 6.60. The summed E-state index contributed by atoms with van der Waals surface area (Å²) in [5.74, 6) is 1.33. The van der Waals surface area contributed by atoms with Gasteiger partial charge in [-0.15, -0.1) is 0 Å². The molecule has 2 rings (SSSR count). The van der Waals surface area contributed by atoms with Crippen LogP contribution in [0.2, 0.25) is 0 Å². The lowest BCUT2D eigenvalue weighted by atomic mass is 9.71. The van der Waals surface area contributed by atoms with Crippen molar-refractivity contribution in [3.63, 3.8) is 0 Å². The Hall–Kier alpha value is -0.530. The molecule has 0 spiro atoms. The van der Waals surface area contributed by atoms with E-state index >= 15 is 0 Å². The molecule has 0 bridgehead atoms. The second kappa shape index (κ2) is 3.25. The van der Waals surface area contributed by atoms with Crippen molar-refractivity contribution < 1.29 is 9.90 Å². The Labute approximate surface area is 85.7 Å². The number of hydrogen-bond donors (Lipinski definition) is 1. The van der Waals surface area contributed by atoms with Gasteiger partial charge in [0, 0.05) is 0 Å². The highest BCUT2D eigenvalue weighted by Crippen LogP contribution is 2.62. The largest absolute Gasteiger partial charge is 0.481 e. The van der Waals surface area contributed by atoms with Gasteiger partial charge in [-0.3, -0.25) is 4.79 Å². The van der Waals surface area contributed by atoms with Gasteiger partial charge in [0.25, 0.3) is 0 Å². The van der Waals surface area contributed by atoms with Gasteiger partial charge in [0.05, 0.1) is 5.41 Å². The molecule has 0 aliphatic heterocycles. The molecule has 2 fully saturated rings. The quantitative estimate of drug-likeness (QED) is 0.750. The maximum absolute atomic E-state index is 11.4. The van der Waals surface area contributed by atoms with Crippen LogP contribution in [0.5, 0.6) is 0 Å². The van der Waals surface area contributed by atoms with Crippen LogP contribution in [0.4, 0.5) is 0 Å². The Balaban J connectivity index is 2.10. The summed E-state index contributed by atoms with van der Waals surface area (Å²) < 4.78 is 0. The molecule has 0 radical (unpaired) electrons. The van der Waals surface area contributed by atoms with E-state index in [1.165, 1.54) is 6.42 Å². The first-order valence-electron chi connectivity index (χ1n) is 5.83. The van der Waals surface area contributed by atoms with Gasteiger partial charge in [0.15, 0.2) is 0 Å². The van der Waals surface area contributed by atoms with E-state index in [1.54, 1.807) is 0 Å². The number of hydrogen-bond acceptors (Lipinski definition) is 1. The lowest BCUT2D eigenvalue weighted by molar-refractivity contribution is -0.153. The normalized spacial score (nSPS) is 41.9. The van der Waals surface area contributed by atoms with E-state index in [0.717, 1.165) is 37.5 Å². The number of carbonyl (C=O) groups is 1. The molecule has 0 saturated heterocycles. The van der Waals surface area contributed by atoms with Gasteiger partial charge in [0.2, 0.25) is 0 Å². The van der Waals surface area contributed by atoms with Crippen LogP contribution in [0.3, 0.4) is 0 Å². The maximum Gasteiger partial charge on any atom is 0.309 e. The molecule has 1 N–H and O–H groups in total. The van der Waals surface area contributed by atoms with E-state index in [9.17, 15) is 9.90 Å². The van der Waals surface area contributed by atoms with Crippen LogP contribution in [0, 0.1) is 23.2 Å². The molecular formula is C12H20O2. The van der Waals surface area contributed by atoms with Crippen LogP contribution in [0.25, 0.3) is 0 Å². The van der Waals surface area contributed by atoms with Crippen molar-refractivity contribution >= 4 is 5.97 Å². The minimum absolute atomic E-state index is 0.358. The molecule has 2 aliphatic rings. The molecule has 0 heterocycles. The fourth-order valence-corrected chi connectivity index (χ4v) is 3.33. The number of aliphatic carboxylic acids is 1. The second-order valence-corrected chi connectivity index (χ2v) is 5.32. The number of carboxylic acid groups (broad SMARTS) is 1. The first kappa shape index (κ1) is 10.0. The zero-order chi connectivity index (χ0) is 10.3. The van der Waals surface area contributed by atoms with Crippen LogP contribution < -0.4 is 0 Å². The summed E-state index contributed by atoms with van der Waals surface area (Å²) in [6, 6.07) is 0. The number of fused-ring (bicyclic) bond motifs is 1. The smallest absolute Gasteiger partial charge is 0.309 e. The monoisotopic (exact) mass is 196 g/mol. The standard InChI is InChI=1S/C12H20O2/c1-3-4-8(2)12(11(13)14)6-9-5-10(9)7-12/h8-10H,3-7H2,1-2H3,(H,13,14). The molecule has 0 aromatic carbocycles. The van der Waals surface area contributed by atoms with Gasteiger partial charge in [-0.05, 0) is 43.4 Å². The van der Waals surface area contributed by atoms with E-state index < -0.39 is 5.97 Å². The van der Waals surface area contributed by atoms with Crippen molar-refractivity contribution in [1.82, 2.24) is 0 Å². The molecule has 2 heteroatoms. The fraction of sp³-hybridized carbons (Fsp3) is 0.917. The molecule has 0 amide bonds. The van der Waals surface area contributed by atoms with Crippen LogP contribution in [-0.4, -0.2) is 11.1 Å². The minimum atomic E-state index is -0.536. The van der Waals surface area contributed by atoms with Gasteiger partial charge in [-0.25, -0.2) is 0 Å². The Bertz CT molecular complexity index is 237. The van der Waals surface area contributed by atoms with E-state index in [-0.39, 0.29) is 5.41 Å². The number of carboxylic acids is 1. The molecule has 3 unspecified atom stereocenters. The van der Waals surface area contributed by atoms with Crippen molar-refractivity contribution in [2.75, 3.05) is 0 Å². The molecule has 2 saturated carbocycles. The molecule has 3 atom stereocenters. The summed E-state index contributed by atoms with van der Waals surface area (Å²) in [5, 5.41) is 9.40. The lowest BCUT2D eigenvalue weighted by Gasteiger charge is -2.32. The third-order valence-electron chi connectivity index (χ3n) is 4.41. The van der Waals surface area contributed by atoms with Crippen LogP contribution >= 0.6 is 0 Å². The van der Waals surface area contributed by atoms with Crippen LogP contribution in [0.15, 0.2) is 0 Å². The summed E-state index contributed by atoms with van der Waals surface area (Å²) in [4.78, 5) is 11.4. The van der Waals surface area contributed by atoms with Gasteiger partial charge in [-0.2, -0.15) is 0 Å². The SMILES string of the molecule is CCCC(C)C1(C(=O)O)CC2CC2C1. The highest BCUT2D eigenvalue weighted by Gasteiger charge is 2.59. The predicted molar refractivity (Wildman–Crippen MR) is 55.0 cm³/mol. The van der Waals surface area contributed by atoms with Gasteiger partial charge >= 0.3 is 5.97 Å². The summed E-state index contributed by atoms with van der Waals surface area (Å²) in [6.45, 7) is 4.27. The average Bonchev–Trinajstić information content (AvgIpc) is 2.74. The van der Waals surface area contributed by atoms with Crippen LogP contribution in [-0.2, 0) is 4.79 Å². The van der Waals surface area contributed by atoms with E-state index in [1.807, 2.05) is 0 Å². The third-order valence-corrected chi connectivity index (χ3v) is 4.41. The Morgan fingerprint density at radius 2 is 2.07 bits per heavy atom. The van der Waals surface area contributed by atoms with Crippen molar-refractivity contribution in [3.05, 3.63) is 0 Å². The van der Waals surface area contributed by atoms with E-state index in [2.05, 4.69) is 13.8 Å². The van der Waals surface area contributed by atoms with Crippen molar-refractivity contribution in [3.8, 4) is 0 Å². The third kappa shape index (κ3) is 1.35. The van der Waals surface area contributed by atoms with E-state index in [4.69, 9.17) is 0 Å². The zero-order valence-corrected chi connectivity index (χ0v) is 9.12. The van der Waals surface area contributed by atoms with Gasteiger partial charge < -0.3 is 5.11 Å². The molecular weight excluding hydrogens is 176 g/mol. The molecule has 14 heavy (non-hydrogen) atoms. The fourth-order valence-electron chi connectivity index (χ4n) is 3.33.